The Morgan fingerprint density at radius 3 is 2.50 bits per heavy atom. The number of carbonyl (C=O) groups is 2. The molecule has 0 saturated heterocycles. The molecule has 0 aliphatic carbocycles. The highest BCUT2D eigenvalue weighted by molar-refractivity contribution is 7.17. The Balaban J connectivity index is 1.54. The van der Waals surface area contributed by atoms with Crippen LogP contribution >= 0.6 is 11.3 Å². The fourth-order valence-corrected chi connectivity index (χ4v) is 3.96. The van der Waals surface area contributed by atoms with Crippen LogP contribution in [-0.2, 0) is 6.42 Å². The maximum atomic E-state index is 12.6. The van der Waals surface area contributed by atoms with E-state index in [0.717, 1.165) is 22.5 Å². The third kappa shape index (κ3) is 5.98. The van der Waals surface area contributed by atoms with E-state index in [2.05, 4.69) is 20.9 Å². The monoisotopic (exact) mass is 454 g/mol. The number of hydrogen-bond acceptors (Lipinski definition) is 6. The minimum atomic E-state index is -0.412. The summed E-state index contributed by atoms with van der Waals surface area (Å²) in [6.45, 7) is 4.13. The lowest BCUT2D eigenvalue weighted by Crippen LogP contribution is -2.25. The second kappa shape index (κ2) is 10.6. The van der Waals surface area contributed by atoms with Gasteiger partial charge in [-0.3, -0.25) is 10.1 Å². The fourth-order valence-electron chi connectivity index (χ4n) is 3.08. The first-order valence-corrected chi connectivity index (χ1v) is 10.8. The number of aryl methyl sites for hydroxylation is 2. The predicted octanol–water partition coefficient (Wildman–Crippen LogP) is 4.39. The predicted molar refractivity (Wildman–Crippen MR) is 126 cm³/mol. The van der Waals surface area contributed by atoms with Crippen LogP contribution in [0.3, 0.4) is 0 Å². The van der Waals surface area contributed by atoms with E-state index in [4.69, 9.17) is 9.47 Å². The number of hydrogen-bond donors (Lipinski definition) is 3. The molecule has 3 amide bonds. The number of rotatable bonds is 8. The van der Waals surface area contributed by atoms with Crippen molar-refractivity contribution in [1.29, 1.82) is 0 Å². The number of methoxy groups -OCH3 is 2. The minimum Gasteiger partial charge on any atom is -0.493 e. The average Bonchev–Trinajstić information content (AvgIpc) is 3.13. The van der Waals surface area contributed by atoms with E-state index in [-0.39, 0.29) is 5.91 Å². The molecule has 0 radical (unpaired) electrons. The Morgan fingerprint density at radius 1 is 1.00 bits per heavy atom. The summed E-state index contributed by atoms with van der Waals surface area (Å²) in [5, 5.41) is 8.70. The molecule has 3 N–H and O–H groups in total. The minimum absolute atomic E-state index is 0.229. The first kappa shape index (κ1) is 23.1. The molecule has 32 heavy (non-hydrogen) atoms. The van der Waals surface area contributed by atoms with Gasteiger partial charge in [0.2, 0.25) is 0 Å². The molecule has 0 unspecified atom stereocenters. The van der Waals surface area contributed by atoms with Gasteiger partial charge in [-0.1, -0.05) is 29.5 Å². The van der Waals surface area contributed by atoms with Gasteiger partial charge in [0.25, 0.3) is 5.91 Å². The molecular formula is C23H26N4O4S. The summed E-state index contributed by atoms with van der Waals surface area (Å²) < 4.78 is 10.5. The molecule has 0 bridgehead atoms. The molecule has 0 aliphatic heterocycles. The normalized spacial score (nSPS) is 10.4. The summed E-state index contributed by atoms with van der Waals surface area (Å²) in [5.74, 6) is 1.08. The van der Waals surface area contributed by atoms with Gasteiger partial charge in [0, 0.05) is 12.2 Å². The zero-order valence-corrected chi connectivity index (χ0v) is 19.3. The number of ether oxygens (including phenoxy) is 2. The van der Waals surface area contributed by atoms with Gasteiger partial charge in [0.05, 0.1) is 19.9 Å². The lowest BCUT2D eigenvalue weighted by molar-refractivity contribution is 0.0957. The Labute approximate surface area is 191 Å². The summed E-state index contributed by atoms with van der Waals surface area (Å²) in [6.07, 6.45) is 0.633. The van der Waals surface area contributed by atoms with Crippen LogP contribution in [0, 0.1) is 13.8 Å². The molecule has 1 heterocycles. The highest BCUT2D eigenvalue weighted by Crippen LogP contribution is 2.27. The lowest BCUT2D eigenvalue weighted by atomic mass is 10.1. The van der Waals surface area contributed by atoms with Gasteiger partial charge in [0.15, 0.2) is 16.6 Å². The van der Waals surface area contributed by atoms with Crippen LogP contribution in [0.15, 0.2) is 42.5 Å². The molecule has 2 aromatic carbocycles. The van der Waals surface area contributed by atoms with Crippen molar-refractivity contribution in [3.8, 4) is 11.5 Å². The number of nitrogens with one attached hydrogen (secondary N) is 3. The molecule has 3 rings (SSSR count). The van der Waals surface area contributed by atoms with E-state index in [0.29, 0.717) is 45.9 Å². The molecule has 0 spiro atoms. The van der Waals surface area contributed by atoms with Crippen molar-refractivity contribution in [1.82, 2.24) is 10.3 Å². The summed E-state index contributed by atoms with van der Waals surface area (Å²) in [6, 6.07) is 12.7. The van der Waals surface area contributed by atoms with Crippen LogP contribution in [0.4, 0.5) is 15.6 Å². The van der Waals surface area contributed by atoms with Gasteiger partial charge in [-0.25, -0.2) is 9.78 Å². The lowest BCUT2D eigenvalue weighted by Gasteiger charge is -2.10. The fraction of sp³-hybridized carbons (Fsp3) is 0.261. The van der Waals surface area contributed by atoms with Crippen LogP contribution < -0.4 is 25.4 Å². The van der Waals surface area contributed by atoms with Crippen molar-refractivity contribution in [3.63, 3.8) is 0 Å². The molecule has 0 saturated carbocycles. The maximum absolute atomic E-state index is 12.6. The summed E-state index contributed by atoms with van der Waals surface area (Å²) >= 11 is 1.14. The number of benzene rings is 2. The quantitative estimate of drug-likeness (QED) is 0.468. The summed E-state index contributed by atoms with van der Waals surface area (Å²) in [5.41, 5.74) is 3.30. The van der Waals surface area contributed by atoms with E-state index in [1.54, 1.807) is 27.2 Å². The molecule has 9 heteroatoms. The summed E-state index contributed by atoms with van der Waals surface area (Å²) in [7, 11) is 3.17. The van der Waals surface area contributed by atoms with Crippen molar-refractivity contribution in [2.75, 3.05) is 31.4 Å². The molecule has 3 aromatic rings. The van der Waals surface area contributed by atoms with Gasteiger partial charge in [-0.2, -0.15) is 0 Å². The number of urea groups is 1. The second-order valence-electron chi connectivity index (χ2n) is 7.08. The van der Waals surface area contributed by atoms with Crippen LogP contribution in [0.5, 0.6) is 11.5 Å². The van der Waals surface area contributed by atoms with E-state index >= 15 is 0 Å². The molecular weight excluding hydrogens is 428 g/mol. The summed E-state index contributed by atoms with van der Waals surface area (Å²) in [4.78, 5) is 29.6. The Kier molecular flexibility index (Phi) is 7.67. The third-order valence-electron chi connectivity index (χ3n) is 4.65. The zero-order chi connectivity index (χ0) is 23.1. The Bertz CT molecular complexity index is 1110. The van der Waals surface area contributed by atoms with E-state index < -0.39 is 6.03 Å². The van der Waals surface area contributed by atoms with Crippen molar-refractivity contribution < 1.29 is 19.1 Å². The van der Waals surface area contributed by atoms with Gasteiger partial charge in [0.1, 0.15) is 4.88 Å². The molecule has 1 aromatic heterocycles. The number of amides is 3. The first-order valence-electron chi connectivity index (χ1n) is 10.0. The van der Waals surface area contributed by atoms with Gasteiger partial charge in [-0.15, -0.1) is 0 Å². The van der Waals surface area contributed by atoms with Crippen LogP contribution in [0.1, 0.15) is 26.5 Å². The SMILES string of the molecule is COc1ccc(CCNC(=O)c2sc(NC(=O)Nc3cccc(C)c3)nc2C)cc1OC. The topological polar surface area (TPSA) is 102 Å². The first-order chi connectivity index (χ1) is 15.4. The van der Waals surface area contributed by atoms with E-state index in [1.807, 2.05) is 43.3 Å². The second-order valence-corrected chi connectivity index (χ2v) is 8.08. The standard InChI is InChI=1S/C23H26N4O4S/c1-14-6-5-7-17(12-14)26-22(29)27-23-25-15(2)20(32-23)21(28)24-11-10-16-8-9-18(30-3)19(13-16)31-4/h5-9,12-13H,10-11H2,1-4H3,(H,24,28)(H2,25,26,27,29). The molecule has 8 nitrogen and oxygen atoms in total. The number of carbonyl (C=O) groups excluding carboxylic acids is 2. The van der Waals surface area contributed by atoms with E-state index in [1.165, 1.54) is 0 Å². The van der Waals surface area contributed by atoms with Crippen LogP contribution in [0.2, 0.25) is 0 Å². The van der Waals surface area contributed by atoms with E-state index in [9.17, 15) is 9.59 Å². The van der Waals surface area contributed by atoms with Crippen molar-refractivity contribution in [3.05, 3.63) is 64.2 Å². The Morgan fingerprint density at radius 2 is 1.78 bits per heavy atom. The molecule has 0 atom stereocenters. The third-order valence-corrected chi connectivity index (χ3v) is 5.72. The maximum Gasteiger partial charge on any atom is 0.325 e. The highest BCUT2D eigenvalue weighted by Gasteiger charge is 2.16. The highest BCUT2D eigenvalue weighted by atomic mass is 32.1. The Hall–Kier alpha value is -3.59. The number of nitrogens with zero attached hydrogens (tertiary/aromatic N) is 1. The molecule has 168 valence electrons. The molecule has 0 fully saturated rings. The largest absolute Gasteiger partial charge is 0.493 e. The van der Waals surface area contributed by atoms with Gasteiger partial charge >= 0.3 is 6.03 Å². The van der Waals surface area contributed by atoms with Crippen LogP contribution in [-0.4, -0.2) is 37.7 Å². The van der Waals surface area contributed by atoms with Crippen LogP contribution in [0.25, 0.3) is 0 Å². The number of aromatic nitrogens is 1. The van der Waals surface area contributed by atoms with Gasteiger partial charge in [-0.05, 0) is 55.7 Å². The average molecular weight is 455 g/mol. The smallest absolute Gasteiger partial charge is 0.325 e. The zero-order valence-electron chi connectivity index (χ0n) is 18.4. The number of anilines is 2. The molecule has 0 aliphatic rings. The van der Waals surface area contributed by atoms with Gasteiger partial charge < -0.3 is 20.1 Å². The van der Waals surface area contributed by atoms with Crippen molar-refractivity contribution >= 4 is 34.1 Å². The van der Waals surface area contributed by atoms with Crippen molar-refractivity contribution in [2.45, 2.75) is 20.3 Å². The number of thiazole rings is 1. The van der Waals surface area contributed by atoms with Crippen molar-refractivity contribution in [2.24, 2.45) is 0 Å².